The molecule has 1 rings (SSSR count). The van der Waals surface area contributed by atoms with E-state index in [0.29, 0.717) is 5.69 Å². The molecular formula is C11H17N3O5S2. The molecule has 1 amide bonds. The number of rotatable bonds is 7. The Kier molecular flexibility index (Phi) is 6.09. The molecule has 0 aliphatic heterocycles. The number of aromatic nitrogens is 1. The number of hydrogen-bond donors (Lipinski definition) is 2. The molecule has 0 aliphatic carbocycles. The van der Waals surface area contributed by atoms with Crippen LogP contribution in [0.15, 0.2) is 5.38 Å². The average Bonchev–Trinajstić information content (AvgIpc) is 2.73. The molecule has 0 fully saturated rings. The van der Waals surface area contributed by atoms with Crippen LogP contribution >= 0.6 is 11.3 Å². The molecule has 118 valence electrons. The van der Waals surface area contributed by atoms with E-state index in [-0.39, 0.29) is 18.2 Å². The molecule has 10 heteroatoms. The Morgan fingerprint density at radius 1 is 1.48 bits per heavy atom. The van der Waals surface area contributed by atoms with Crippen molar-refractivity contribution in [1.82, 2.24) is 10.3 Å². The van der Waals surface area contributed by atoms with Gasteiger partial charge in [-0.25, -0.2) is 18.2 Å². The Morgan fingerprint density at radius 3 is 2.71 bits per heavy atom. The lowest BCUT2D eigenvalue weighted by Gasteiger charge is -2.11. The largest absolute Gasteiger partial charge is 0.464 e. The Bertz CT molecular complexity index is 611. The number of sulfonamides is 1. The number of hydrogen-bond acceptors (Lipinski definition) is 7. The first kappa shape index (κ1) is 17.4. The van der Waals surface area contributed by atoms with Crippen LogP contribution in [0.4, 0.5) is 5.13 Å². The fourth-order valence-electron chi connectivity index (χ4n) is 1.38. The van der Waals surface area contributed by atoms with Gasteiger partial charge < -0.3 is 10.1 Å². The van der Waals surface area contributed by atoms with Crippen LogP contribution in [0.3, 0.4) is 0 Å². The summed E-state index contributed by atoms with van der Waals surface area (Å²) in [6, 6.07) is -0.746. The molecule has 0 radical (unpaired) electrons. The van der Waals surface area contributed by atoms with Crippen LogP contribution in [-0.4, -0.2) is 44.2 Å². The lowest BCUT2D eigenvalue weighted by Crippen LogP contribution is -2.40. The summed E-state index contributed by atoms with van der Waals surface area (Å²) in [4.78, 5) is 27.1. The van der Waals surface area contributed by atoms with Gasteiger partial charge in [-0.1, -0.05) is 0 Å². The maximum atomic E-state index is 11.7. The summed E-state index contributed by atoms with van der Waals surface area (Å²) in [6.07, 6.45) is 0.966. The fraction of sp³-hybridized carbons (Fsp3) is 0.545. The van der Waals surface area contributed by atoms with Gasteiger partial charge in [-0.05, 0) is 13.8 Å². The topological polar surface area (TPSA) is 114 Å². The summed E-state index contributed by atoms with van der Waals surface area (Å²) in [6.45, 7) is 3.44. The third kappa shape index (κ3) is 6.54. The summed E-state index contributed by atoms with van der Waals surface area (Å²) in [5.74, 6) is -0.907. The van der Waals surface area contributed by atoms with Crippen molar-refractivity contribution in [2.75, 3.05) is 17.6 Å². The van der Waals surface area contributed by atoms with Gasteiger partial charge in [0.15, 0.2) is 5.13 Å². The van der Waals surface area contributed by atoms with Crippen LogP contribution in [-0.2, 0) is 30.8 Å². The predicted molar refractivity (Wildman–Crippen MR) is 78.5 cm³/mol. The van der Waals surface area contributed by atoms with Gasteiger partial charge in [-0.3, -0.25) is 9.52 Å². The van der Waals surface area contributed by atoms with Gasteiger partial charge in [0.05, 0.1) is 25.0 Å². The monoisotopic (exact) mass is 335 g/mol. The van der Waals surface area contributed by atoms with Crippen LogP contribution in [0.25, 0.3) is 0 Å². The molecule has 0 saturated heterocycles. The Labute approximate surface area is 127 Å². The number of thiazole rings is 1. The number of nitrogens with one attached hydrogen (secondary N) is 2. The molecule has 0 aromatic carbocycles. The normalized spacial score (nSPS) is 12.5. The first-order chi connectivity index (χ1) is 9.71. The first-order valence-corrected chi connectivity index (χ1v) is 8.86. The van der Waals surface area contributed by atoms with Crippen molar-refractivity contribution in [3.8, 4) is 0 Å². The van der Waals surface area contributed by atoms with E-state index in [9.17, 15) is 18.0 Å². The van der Waals surface area contributed by atoms with E-state index in [0.717, 1.165) is 17.6 Å². The van der Waals surface area contributed by atoms with Gasteiger partial charge in [0.1, 0.15) is 6.04 Å². The number of nitrogens with zero attached hydrogens (tertiary/aromatic N) is 1. The second-order valence-corrected chi connectivity index (χ2v) is 6.84. The van der Waals surface area contributed by atoms with Crippen LogP contribution in [0.1, 0.15) is 19.5 Å². The third-order valence-electron chi connectivity index (χ3n) is 2.18. The van der Waals surface area contributed by atoms with Crippen molar-refractivity contribution in [3.05, 3.63) is 11.1 Å². The van der Waals surface area contributed by atoms with E-state index in [2.05, 4.69) is 15.0 Å². The highest BCUT2D eigenvalue weighted by Crippen LogP contribution is 2.16. The Morgan fingerprint density at radius 2 is 2.14 bits per heavy atom. The zero-order valence-corrected chi connectivity index (χ0v) is 13.5. The van der Waals surface area contributed by atoms with E-state index in [4.69, 9.17) is 4.74 Å². The molecular weight excluding hydrogens is 318 g/mol. The summed E-state index contributed by atoms with van der Waals surface area (Å²) in [7, 11) is -3.39. The van der Waals surface area contributed by atoms with Gasteiger partial charge in [0.25, 0.3) is 0 Å². The van der Waals surface area contributed by atoms with E-state index in [1.54, 1.807) is 12.3 Å². The molecule has 0 spiro atoms. The van der Waals surface area contributed by atoms with Crippen molar-refractivity contribution >= 4 is 38.4 Å². The zero-order chi connectivity index (χ0) is 16.0. The molecule has 2 N–H and O–H groups in total. The highest BCUT2D eigenvalue weighted by molar-refractivity contribution is 7.92. The molecule has 8 nitrogen and oxygen atoms in total. The van der Waals surface area contributed by atoms with Gasteiger partial charge >= 0.3 is 5.97 Å². The van der Waals surface area contributed by atoms with Gasteiger partial charge in [0, 0.05) is 5.38 Å². The van der Waals surface area contributed by atoms with E-state index >= 15 is 0 Å². The Hall–Kier alpha value is -1.68. The summed E-state index contributed by atoms with van der Waals surface area (Å²) in [5.41, 5.74) is 0.416. The lowest BCUT2D eigenvalue weighted by molar-refractivity contribution is -0.146. The fourth-order valence-corrected chi connectivity index (χ4v) is 2.94. The van der Waals surface area contributed by atoms with Crippen molar-refractivity contribution in [2.45, 2.75) is 26.3 Å². The van der Waals surface area contributed by atoms with Crippen LogP contribution < -0.4 is 10.0 Å². The highest BCUT2D eigenvalue weighted by Gasteiger charge is 2.17. The molecule has 1 atom stereocenters. The number of amides is 1. The second kappa shape index (κ2) is 7.36. The standard InChI is InChI=1S/C11H17N3O5S2/c1-4-19-10(16)7(2)12-9(15)5-8-6-20-11(13-8)14-21(3,17)18/h6-7H,4-5H2,1-3H3,(H,12,15)(H,13,14). The van der Waals surface area contributed by atoms with Crippen LogP contribution in [0, 0.1) is 0 Å². The smallest absolute Gasteiger partial charge is 0.328 e. The first-order valence-electron chi connectivity index (χ1n) is 6.09. The Balaban J connectivity index is 2.54. The minimum absolute atomic E-state index is 0.0499. The minimum Gasteiger partial charge on any atom is -0.464 e. The van der Waals surface area contributed by atoms with Crippen LogP contribution in [0.5, 0.6) is 0 Å². The predicted octanol–water partition coefficient (Wildman–Crippen LogP) is 0.125. The molecule has 1 heterocycles. The highest BCUT2D eigenvalue weighted by atomic mass is 32.2. The van der Waals surface area contributed by atoms with E-state index in [1.165, 1.54) is 6.92 Å². The number of ether oxygens (including phenoxy) is 1. The average molecular weight is 335 g/mol. The van der Waals surface area contributed by atoms with Crippen LogP contribution in [0.2, 0.25) is 0 Å². The van der Waals surface area contributed by atoms with Crippen molar-refractivity contribution < 1.29 is 22.7 Å². The van der Waals surface area contributed by atoms with Crippen molar-refractivity contribution in [3.63, 3.8) is 0 Å². The number of carbonyl (C=O) groups is 2. The molecule has 1 aromatic heterocycles. The number of carbonyl (C=O) groups excluding carboxylic acids is 2. The lowest BCUT2D eigenvalue weighted by atomic mass is 10.3. The van der Waals surface area contributed by atoms with E-state index in [1.807, 2.05) is 0 Å². The van der Waals surface area contributed by atoms with Gasteiger partial charge in [-0.2, -0.15) is 0 Å². The summed E-state index contributed by atoms with van der Waals surface area (Å²) < 4.78 is 29.1. The molecule has 1 unspecified atom stereocenters. The van der Waals surface area contributed by atoms with Gasteiger partial charge in [0.2, 0.25) is 15.9 Å². The molecule has 0 aliphatic rings. The summed E-state index contributed by atoms with van der Waals surface area (Å²) >= 11 is 1.08. The van der Waals surface area contributed by atoms with Crippen molar-refractivity contribution in [2.24, 2.45) is 0 Å². The van der Waals surface area contributed by atoms with Crippen molar-refractivity contribution in [1.29, 1.82) is 0 Å². The summed E-state index contributed by atoms with van der Waals surface area (Å²) in [5, 5.41) is 4.25. The number of anilines is 1. The molecule has 0 bridgehead atoms. The quantitative estimate of drug-likeness (QED) is 0.684. The second-order valence-electron chi connectivity index (χ2n) is 4.24. The maximum absolute atomic E-state index is 11.7. The molecule has 0 saturated carbocycles. The maximum Gasteiger partial charge on any atom is 0.328 e. The third-order valence-corrected chi connectivity index (χ3v) is 3.68. The van der Waals surface area contributed by atoms with E-state index < -0.39 is 27.9 Å². The minimum atomic E-state index is -3.39. The molecule has 1 aromatic rings. The SMILES string of the molecule is CCOC(=O)C(C)NC(=O)Cc1csc(NS(C)(=O)=O)n1. The van der Waals surface area contributed by atoms with Gasteiger partial charge in [-0.15, -0.1) is 11.3 Å². The zero-order valence-electron chi connectivity index (χ0n) is 11.9. The number of esters is 1. The molecule has 21 heavy (non-hydrogen) atoms.